The molecule has 2 aliphatic heterocycles. The van der Waals surface area contributed by atoms with Crippen molar-refractivity contribution >= 4 is 11.5 Å². The molecule has 0 amide bonds. The minimum absolute atomic E-state index is 0.00939. The van der Waals surface area contributed by atoms with E-state index in [1.54, 1.807) is 12.2 Å². The maximum absolute atomic E-state index is 11.7. The zero-order valence-electron chi connectivity index (χ0n) is 12.1. The van der Waals surface area contributed by atoms with Crippen molar-refractivity contribution in [3.8, 4) is 0 Å². The van der Waals surface area contributed by atoms with Crippen molar-refractivity contribution in [2.24, 2.45) is 10.4 Å². The van der Waals surface area contributed by atoms with Gasteiger partial charge in [0.1, 0.15) is 6.17 Å². The summed E-state index contributed by atoms with van der Waals surface area (Å²) in [7, 11) is 0. The van der Waals surface area contributed by atoms with Crippen LogP contribution >= 0.6 is 0 Å². The first-order valence-corrected chi connectivity index (χ1v) is 7.47. The van der Waals surface area contributed by atoms with E-state index in [9.17, 15) is 4.79 Å². The molecule has 106 valence electrons. The van der Waals surface area contributed by atoms with E-state index in [1.165, 1.54) is 5.56 Å². The van der Waals surface area contributed by atoms with Crippen LogP contribution < -0.4 is 0 Å². The van der Waals surface area contributed by atoms with E-state index < -0.39 is 0 Å². The van der Waals surface area contributed by atoms with Crippen LogP contribution in [0, 0.1) is 5.41 Å². The zero-order chi connectivity index (χ0) is 14.4. The second-order valence-electron chi connectivity index (χ2n) is 6.31. The van der Waals surface area contributed by atoms with E-state index in [0.717, 1.165) is 30.8 Å². The van der Waals surface area contributed by atoms with Gasteiger partial charge in [-0.2, -0.15) is 0 Å². The largest absolute Gasteiger partial charge is 0.290 e. The molecule has 0 bridgehead atoms. The molecule has 1 fully saturated rings. The van der Waals surface area contributed by atoms with E-state index in [2.05, 4.69) is 36.1 Å². The molecule has 0 spiro atoms. The summed E-state index contributed by atoms with van der Waals surface area (Å²) in [6, 6.07) is 10.5. The third-order valence-corrected chi connectivity index (χ3v) is 4.91. The number of carbonyl (C=O) groups excluding carboxylic acids is 1. The van der Waals surface area contributed by atoms with Gasteiger partial charge in [0, 0.05) is 18.5 Å². The minimum atomic E-state index is -0.00939. The number of aliphatic imine (C=N–C) groups is 1. The molecule has 4 rings (SSSR count). The summed E-state index contributed by atoms with van der Waals surface area (Å²) >= 11 is 0. The van der Waals surface area contributed by atoms with Crippen LogP contribution in [0.2, 0.25) is 0 Å². The Balaban J connectivity index is 1.65. The minimum Gasteiger partial charge on any atom is -0.290 e. The molecule has 0 N–H and O–H groups in total. The molecule has 0 saturated carbocycles. The lowest BCUT2D eigenvalue weighted by atomic mass is 9.77. The van der Waals surface area contributed by atoms with Crippen LogP contribution in [0.15, 0.2) is 59.1 Å². The summed E-state index contributed by atoms with van der Waals surface area (Å²) in [6.07, 6.45) is 6.50. The van der Waals surface area contributed by atoms with Crippen molar-refractivity contribution in [1.29, 1.82) is 0 Å². The highest BCUT2D eigenvalue weighted by Crippen LogP contribution is 2.49. The molecule has 21 heavy (non-hydrogen) atoms. The Labute approximate surface area is 124 Å². The molecule has 0 aromatic heterocycles. The first kappa shape index (κ1) is 12.7. The van der Waals surface area contributed by atoms with Crippen molar-refractivity contribution in [3.63, 3.8) is 0 Å². The van der Waals surface area contributed by atoms with Crippen molar-refractivity contribution in [3.05, 3.63) is 59.7 Å². The van der Waals surface area contributed by atoms with Crippen LogP contribution in [0.25, 0.3) is 0 Å². The lowest BCUT2D eigenvalue weighted by Gasteiger charge is -2.28. The Morgan fingerprint density at radius 2 is 2.10 bits per heavy atom. The summed E-state index contributed by atoms with van der Waals surface area (Å²) in [5.74, 6) is 0.0901. The summed E-state index contributed by atoms with van der Waals surface area (Å²) in [4.78, 5) is 19.0. The molecule has 3 nitrogen and oxygen atoms in total. The first-order chi connectivity index (χ1) is 10.2. The van der Waals surface area contributed by atoms with Crippen LogP contribution in [-0.2, 0) is 11.3 Å². The molecule has 1 saturated heterocycles. The number of ketones is 1. The monoisotopic (exact) mass is 278 g/mol. The number of hydrogen-bond acceptors (Lipinski definition) is 3. The van der Waals surface area contributed by atoms with Crippen LogP contribution in [0.3, 0.4) is 0 Å². The van der Waals surface area contributed by atoms with Gasteiger partial charge in [-0.25, -0.2) is 0 Å². The molecule has 1 aromatic carbocycles. The lowest BCUT2D eigenvalue weighted by molar-refractivity contribution is -0.110. The fourth-order valence-corrected chi connectivity index (χ4v) is 3.73. The maximum Gasteiger partial charge on any atom is 0.179 e. The normalized spacial score (nSPS) is 30.9. The van der Waals surface area contributed by atoms with E-state index in [0.29, 0.717) is 0 Å². The van der Waals surface area contributed by atoms with Gasteiger partial charge in [0.25, 0.3) is 0 Å². The highest BCUT2D eigenvalue weighted by molar-refractivity contribution is 6.21. The van der Waals surface area contributed by atoms with Gasteiger partial charge in [-0.15, -0.1) is 0 Å². The van der Waals surface area contributed by atoms with Gasteiger partial charge in [0.2, 0.25) is 0 Å². The molecule has 1 aliphatic carbocycles. The number of rotatable bonds is 2. The van der Waals surface area contributed by atoms with E-state index in [1.807, 2.05) is 12.1 Å². The SMILES string of the molecule is C[C@@]12CCN(Cc3ccccc3)C1N=C1C=CC(=O)C=C12. The molecule has 0 radical (unpaired) electrons. The molecule has 2 heterocycles. The smallest absolute Gasteiger partial charge is 0.179 e. The first-order valence-electron chi connectivity index (χ1n) is 7.47. The standard InChI is InChI=1S/C18H18N2O/c1-18-9-10-20(12-13-5-3-2-4-6-13)17(18)19-16-8-7-14(21)11-15(16)18/h2-8,11,17H,9-10,12H2,1H3/t17?,18-/m0/s1. The van der Waals surface area contributed by atoms with Crippen molar-refractivity contribution < 1.29 is 4.79 Å². The average Bonchev–Trinajstić information content (AvgIpc) is 2.95. The van der Waals surface area contributed by atoms with Crippen LogP contribution in [-0.4, -0.2) is 29.1 Å². The molecule has 3 aliphatic rings. The molecule has 1 aromatic rings. The number of allylic oxidation sites excluding steroid dienone is 3. The number of fused-ring (bicyclic) bond motifs is 3. The van der Waals surface area contributed by atoms with Crippen LogP contribution in [0.4, 0.5) is 0 Å². The fraction of sp³-hybridized carbons (Fsp3) is 0.333. The van der Waals surface area contributed by atoms with Gasteiger partial charge in [-0.3, -0.25) is 14.7 Å². The third-order valence-electron chi connectivity index (χ3n) is 4.91. The van der Waals surface area contributed by atoms with Gasteiger partial charge >= 0.3 is 0 Å². The van der Waals surface area contributed by atoms with Gasteiger partial charge in [-0.05, 0) is 35.8 Å². The second-order valence-corrected chi connectivity index (χ2v) is 6.31. The molecular formula is C18H18N2O. The lowest BCUT2D eigenvalue weighted by Crippen LogP contribution is -2.34. The number of hydrogen-bond donors (Lipinski definition) is 0. The molecule has 2 atom stereocenters. The quantitative estimate of drug-likeness (QED) is 0.779. The maximum atomic E-state index is 11.7. The van der Waals surface area contributed by atoms with Crippen LogP contribution in [0.1, 0.15) is 18.9 Å². The van der Waals surface area contributed by atoms with Gasteiger partial charge < -0.3 is 0 Å². The predicted molar refractivity (Wildman–Crippen MR) is 83.0 cm³/mol. The summed E-state index contributed by atoms with van der Waals surface area (Å²) in [5.41, 5.74) is 3.44. The van der Waals surface area contributed by atoms with Gasteiger partial charge in [0.05, 0.1) is 5.71 Å². The fourth-order valence-electron chi connectivity index (χ4n) is 3.73. The third kappa shape index (κ3) is 1.92. The summed E-state index contributed by atoms with van der Waals surface area (Å²) in [5, 5.41) is 0. The Hall–Kier alpha value is -2.00. The van der Waals surface area contributed by atoms with Crippen molar-refractivity contribution in [2.45, 2.75) is 26.1 Å². The van der Waals surface area contributed by atoms with Gasteiger partial charge in [-0.1, -0.05) is 37.3 Å². The van der Waals surface area contributed by atoms with Gasteiger partial charge in [0.15, 0.2) is 5.78 Å². The van der Waals surface area contributed by atoms with E-state index >= 15 is 0 Å². The highest BCUT2D eigenvalue weighted by Gasteiger charge is 2.51. The Kier molecular flexibility index (Phi) is 2.73. The van der Waals surface area contributed by atoms with Crippen molar-refractivity contribution in [2.75, 3.05) is 6.54 Å². The Bertz CT molecular complexity index is 686. The molecule has 1 unspecified atom stereocenters. The average molecular weight is 278 g/mol. The number of nitrogens with zero attached hydrogens (tertiary/aromatic N) is 2. The second kappa shape index (κ2) is 4.50. The number of benzene rings is 1. The Morgan fingerprint density at radius 1 is 1.29 bits per heavy atom. The van der Waals surface area contributed by atoms with Crippen LogP contribution in [0.5, 0.6) is 0 Å². The predicted octanol–water partition coefficient (Wildman–Crippen LogP) is 2.74. The van der Waals surface area contributed by atoms with Crippen molar-refractivity contribution in [1.82, 2.24) is 4.90 Å². The number of likely N-dealkylation sites (tertiary alicyclic amines) is 1. The van der Waals surface area contributed by atoms with E-state index in [-0.39, 0.29) is 17.4 Å². The molecule has 3 heteroatoms. The van der Waals surface area contributed by atoms with E-state index in [4.69, 9.17) is 4.99 Å². The Morgan fingerprint density at radius 3 is 2.90 bits per heavy atom. The highest BCUT2D eigenvalue weighted by atomic mass is 16.1. The summed E-state index contributed by atoms with van der Waals surface area (Å²) < 4.78 is 0. The summed E-state index contributed by atoms with van der Waals surface area (Å²) in [6.45, 7) is 4.20. The zero-order valence-corrected chi connectivity index (χ0v) is 12.1. The number of carbonyl (C=O) groups is 1. The topological polar surface area (TPSA) is 32.7 Å². The molecular weight excluding hydrogens is 260 g/mol.